The Balaban J connectivity index is 2.13. The third-order valence-corrected chi connectivity index (χ3v) is 2.88. The zero-order valence-electron chi connectivity index (χ0n) is 11.2. The maximum absolute atomic E-state index is 13.5. The van der Waals surface area contributed by atoms with Gasteiger partial charge < -0.3 is 14.8 Å². The quantitative estimate of drug-likeness (QED) is 0.907. The number of rotatable bonds is 5. The molecule has 2 rings (SSSR count). The standard InChI is InChI=1S/C15H15F2NO2/c1-19-13-7-6-10(8-14(13)20-2)9-18-12-5-3-4-11(16)15(12)17/h3-8,18H,9H2,1-2H3. The van der Waals surface area contributed by atoms with Crippen LogP contribution in [0.15, 0.2) is 36.4 Å². The highest BCUT2D eigenvalue weighted by atomic mass is 19.2. The summed E-state index contributed by atoms with van der Waals surface area (Å²) in [7, 11) is 3.10. The molecule has 0 aliphatic rings. The Labute approximate surface area is 116 Å². The van der Waals surface area contributed by atoms with Gasteiger partial charge in [0.15, 0.2) is 23.1 Å². The van der Waals surface area contributed by atoms with Crippen molar-refractivity contribution in [1.29, 1.82) is 0 Å². The summed E-state index contributed by atoms with van der Waals surface area (Å²) < 4.78 is 36.9. The molecule has 0 fully saturated rings. The number of benzene rings is 2. The van der Waals surface area contributed by atoms with Crippen molar-refractivity contribution in [3.05, 3.63) is 53.6 Å². The van der Waals surface area contributed by atoms with Gasteiger partial charge in [-0.25, -0.2) is 8.78 Å². The Morgan fingerprint density at radius 1 is 1.00 bits per heavy atom. The molecule has 106 valence electrons. The van der Waals surface area contributed by atoms with E-state index in [1.54, 1.807) is 26.4 Å². The van der Waals surface area contributed by atoms with Gasteiger partial charge in [0.25, 0.3) is 0 Å². The Morgan fingerprint density at radius 3 is 2.45 bits per heavy atom. The van der Waals surface area contributed by atoms with Crippen LogP contribution < -0.4 is 14.8 Å². The second-order valence-corrected chi connectivity index (χ2v) is 4.14. The summed E-state index contributed by atoms with van der Waals surface area (Å²) in [6.45, 7) is 0.348. The van der Waals surface area contributed by atoms with E-state index in [4.69, 9.17) is 9.47 Å². The third-order valence-electron chi connectivity index (χ3n) is 2.88. The lowest BCUT2D eigenvalue weighted by atomic mass is 10.2. The molecule has 0 spiro atoms. The number of anilines is 1. The van der Waals surface area contributed by atoms with Crippen LogP contribution in [0.25, 0.3) is 0 Å². The van der Waals surface area contributed by atoms with Crippen molar-refractivity contribution in [3.8, 4) is 11.5 Å². The molecule has 2 aromatic rings. The lowest BCUT2D eigenvalue weighted by Gasteiger charge is -2.11. The van der Waals surface area contributed by atoms with Crippen LogP contribution in [0.3, 0.4) is 0 Å². The van der Waals surface area contributed by atoms with Crippen LogP contribution in [-0.4, -0.2) is 14.2 Å². The molecule has 0 unspecified atom stereocenters. The minimum Gasteiger partial charge on any atom is -0.493 e. The molecule has 0 amide bonds. The molecule has 20 heavy (non-hydrogen) atoms. The summed E-state index contributed by atoms with van der Waals surface area (Å²) >= 11 is 0. The van der Waals surface area contributed by atoms with Crippen molar-refractivity contribution in [2.75, 3.05) is 19.5 Å². The largest absolute Gasteiger partial charge is 0.493 e. The highest BCUT2D eigenvalue weighted by Crippen LogP contribution is 2.28. The highest BCUT2D eigenvalue weighted by molar-refractivity contribution is 5.47. The van der Waals surface area contributed by atoms with Crippen molar-refractivity contribution < 1.29 is 18.3 Å². The molecule has 0 aliphatic carbocycles. The molecule has 0 bridgehead atoms. The smallest absolute Gasteiger partial charge is 0.181 e. The SMILES string of the molecule is COc1ccc(CNc2cccc(F)c2F)cc1OC. The molecule has 0 atom stereocenters. The molecule has 1 N–H and O–H groups in total. The summed E-state index contributed by atoms with van der Waals surface area (Å²) in [5.74, 6) is -0.546. The van der Waals surface area contributed by atoms with E-state index in [1.165, 1.54) is 12.1 Å². The Hall–Kier alpha value is -2.30. The molecule has 5 heteroatoms. The Morgan fingerprint density at radius 2 is 1.75 bits per heavy atom. The van der Waals surface area contributed by atoms with Gasteiger partial charge in [-0.2, -0.15) is 0 Å². The first-order chi connectivity index (χ1) is 9.65. The van der Waals surface area contributed by atoms with Gasteiger partial charge in [-0.05, 0) is 29.8 Å². The molecule has 0 saturated heterocycles. The zero-order valence-corrected chi connectivity index (χ0v) is 11.2. The highest BCUT2D eigenvalue weighted by Gasteiger charge is 2.08. The van der Waals surface area contributed by atoms with Crippen molar-refractivity contribution in [3.63, 3.8) is 0 Å². The van der Waals surface area contributed by atoms with E-state index < -0.39 is 11.6 Å². The van der Waals surface area contributed by atoms with Crippen LogP contribution in [0.4, 0.5) is 14.5 Å². The van der Waals surface area contributed by atoms with E-state index in [-0.39, 0.29) is 5.69 Å². The topological polar surface area (TPSA) is 30.5 Å². The summed E-state index contributed by atoms with van der Waals surface area (Å²) in [5, 5.41) is 2.85. The summed E-state index contributed by atoms with van der Waals surface area (Å²) in [5.41, 5.74) is 0.992. The molecule has 0 aromatic heterocycles. The first kappa shape index (κ1) is 14.1. The zero-order chi connectivity index (χ0) is 14.5. The minimum atomic E-state index is -0.882. The number of hydrogen-bond acceptors (Lipinski definition) is 3. The van der Waals surface area contributed by atoms with Gasteiger partial charge in [0.2, 0.25) is 0 Å². The fourth-order valence-corrected chi connectivity index (χ4v) is 1.83. The van der Waals surface area contributed by atoms with Crippen LogP contribution in [0.2, 0.25) is 0 Å². The number of ether oxygens (including phenoxy) is 2. The van der Waals surface area contributed by atoms with Crippen molar-refractivity contribution in [1.82, 2.24) is 0 Å². The lowest BCUT2D eigenvalue weighted by Crippen LogP contribution is -2.03. The molecule has 0 heterocycles. The predicted octanol–water partition coefficient (Wildman–Crippen LogP) is 3.59. The maximum atomic E-state index is 13.5. The van der Waals surface area contributed by atoms with Crippen LogP contribution in [0, 0.1) is 11.6 Å². The van der Waals surface area contributed by atoms with Gasteiger partial charge in [0.05, 0.1) is 19.9 Å². The third kappa shape index (κ3) is 2.99. The number of methoxy groups -OCH3 is 2. The number of nitrogens with one attached hydrogen (secondary N) is 1. The van der Waals surface area contributed by atoms with Crippen LogP contribution >= 0.6 is 0 Å². The maximum Gasteiger partial charge on any atom is 0.181 e. The van der Waals surface area contributed by atoms with Gasteiger partial charge in [0.1, 0.15) is 0 Å². The lowest BCUT2D eigenvalue weighted by molar-refractivity contribution is 0.354. The summed E-state index contributed by atoms with van der Waals surface area (Å²) in [6.07, 6.45) is 0. The molecule has 0 radical (unpaired) electrons. The fourth-order valence-electron chi connectivity index (χ4n) is 1.83. The van der Waals surface area contributed by atoms with E-state index in [0.29, 0.717) is 18.0 Å². The van der Waals surface area contributed by atoms with E-state index in [9.17, 15) is 8.78 Å². The van der Waals surface area contributed by atoms with Crippen LogP contribution in [-0.2, 0) is 6.54 Å². The first-order valence-corrected chi connectivity index (χ1v) is 6.04. The predicted molar refractivity (Wildman–Crippen MR) is 73.2 cm³/mol. The second kappa shape index (κ2) is 6.23. The molecule has 2 aromatic carbocycles. The van der Waals surface area contributed by atoms with Gasteiger partial charge >= 0.3 is 0 Å². The Kier molecular flexibility index (Phi) is 4.40. The van der Waals surface area contributed by atoms with E-state index in [2.05, 4.69) is 5.32 Å². The van der Waals surface area contributed by atoms with Crippen LogP contribution in [0.5, 0.6) is 11.5 Å². The van der Waals surface area contributed by atoms with Crippen molar-refractivity contribution >= 4 is 5.69 Å². The molecular weight excluding hydrogens is 264 g/mol. The Bertz CT molecular complexity index is 602. The van der Waals surface area contributed by atoms with E-state index >= 15 is 0 Å². The normalized spacial score (nSPS) is 10.2. The fraction of sp³-hybridized carbons (Fsp3) is 0.200. The number of halogens is 2. The molecule has 0 saturated carbocycles. The molecule has 3 nitrogen and oxygen atoms in total. The van der Waals surface area contributed by atoms with Crippen molar-refractivity contribution in [2.24, 2.45) is 0 Å². The van der Waals surface area contributed by atoms with Gasteiger partial charge in [-0.1, -0.05) is 12.1 Å². The summed E-state index contributed by atoms with van der Waals surface area (Å²) in [6, 6.07) is 9.39. The number of hydrogen-bond donors (Lipinski definition) is 1. The van der Waals surface area contributed by atoms with Crippen molar-refractivity contribution in [2.45, 2.75) is 6.54 Å². The monoisotopic (exact) mass is 279 g/mol. The van der Waals surface area contributed by atoms with Crippen LogP contribution in [0.1, 0.15) is 5.56 Å². The average Bonchev–Trinajstić information content (AvgIpc) is 2.48. The van der Waals surface area contributed by atoms with Gasteiger partial charge in [-0.15, -0.1) is 0 Å². The molecule has 0 aliphatic heterocycles. The van der Waals surface area contributed by atoms with E-state index in [1.807, 2.05) is 6.07 Å². The average molecular weight is 279 g/mol. The van der Waals surface area contributed by atoms with E-state index in [0.717, 1.165) is 11.6 Å². The second-order valence-electron chi connectivity index (χ2n) is 4.14. The van der Waals surface area contributed by atoms with Gasteiger partial charge in [0, 0.05) is 6.54 Å². The van der Waals surface area contributed by atoms with Gasteiger partial charge in [-0.3, -0.25) is 0 Å². The summed E-state index contributed by atoms with van der Waals surface area (Å²) in [4.78, 5) is 0. The minimum absolute atomic E-state index is 0.125. The first-order valence-electron chi connectivity index (χ1n) is 6.04. The molecular formula is C15H15F2NO2.